The van der Waals surface area contributed by atoms with Crippen LogP contribution >= 0.6 is 23.4 Å². The van der Waals surface area contributed by atoms with Crippen LogP contribution in [0.5, 0.6) is 11.5 Å². The molecule has 2 amide bonds. The molecule has 0 radical (unpaired) electrons. The summed E-state index contributed by atoms with van der Waals surface area (Å²) in [5.74, 6) is 1.76. The summed E-state index contributed by atoms with van der Waals surface area (Å²) in [6, 6.07) is 3.14. The molecule has 1 aliphatic rings. The lowest BCUT2D eigenvalue weighted by Crippen LogP contribution is -2.28. The normalized spacial score (nSPS) is 14.9. The maximum Gasteiger partial charge on any atom is 0.344 e. The van der Waals surface area contributed by atoms with E-state index in [0.29, 0.717) is 17.9 Å². The van der Waals surface area contributed by atoms with Gasteiger partial charge in [0.05, 0.1) is 29.7 Å². The summed E-state index contributed by atoms with van der Waals surface area (Å²) >= 11 is 7.07. The van der Waals surface area contributed by atoms with E-state index in [1.807, 2.05) is 0 Å². The van der Waals surface area contributed by atoms with Crippen LogP contribution in [0.2, 0.25) is 5.02 Å². The Bertz CT molecular complexity index is 861. The predicted octanol–water partition coefficient (Wildman–Crippen LogP) is 3.35. The second-order valence-corrected chi connectivity index (χ2v) is 6.73. The molecule has 1 aromatic carbocycles. The standard InChI is InChI=1S/C19H18ClNO6S/c1-4-7-21-18(23)15(28-19(21)24)10-12-8-13(20)17(14(9-12)25-5-2)27-11-16(22)26-6-3/h1,8-10H,5-7,11H2,2-3H3/b15-10+. The lowest BCUT2D eigenvalue weighted by Gasteiger charge is -2.14. The Balaban J connectivity index is 2.29. The molecule has 9 heteroatoms. The summed E-state index contributed by atoms with van der Waals surface area (Å²) in [4.78, 5) is 36.9. The Morgan fingerprint density at radius 1 is 1.29 bits per heavy atom. The molecular formula is C19H18ClNO6S. The molecule has 0 aromatic heterocycles. The van der Waals surface area contributed by atoms with Gasteiger partial charge in [-0.05, 0) is 49.4 Å². The predicted molar refractivity (Wildman–Crippen MR) is 106 cm³/mol. The highest BCUT2D eigenvalue weighted by atomic mass is 35.5. The maximum absolute atomic E-state index is 12.3. The monoisotopic (exact) mass is 423 g/mol. The molecule has 0 aliphatic carbocycles. The molecule has 0 bridgehead atoms. The molecule has 0 N–H and O–H groups in total. The largest absolute Gasteiger partial charge is 0.490 e. The number of amides is 2. The van der Waals surface area contributed by atoms with E-state index in [0.717, 1.165) is 16.7 Å². The molecule has 0 unspecified atom stereocenters. The number of halogens is 1. The van der Waals surface area contributed by atoms with E-state index < -0.39 is 17.1 Å². The van der Waals surface area contributed by atoms with E-state index in [-0.39, 0.29) is 35.4 Å². The first-order valence-electron chi connectivity index (χ1n) is 8.34. The van der Waals surface area contributed by atoms with Gasteiger partial charge in [0.1, 0.15) is 0 Å². The molecule has 0 spiro atoms. The minimum Gasteiger partial charge on any atom is -0.490 e. The van der Waals surface area contributed by atoms with E-state index in [1.54, 1.807) is 26.0 Å². The molecular weight excluding hydrogens is 406 g/mol. The average molecular weight is 424 g/mol. The second-order valence-electron chi connectivity index (χ2n) is 5.33. The molecule has 1 fully saturated rings. The van der Waals surface area contributed by atoms with Crippen molar-refractivity contribution in [3.63, 3.8) is 0 Å². The first-order valence-corrected chi connectivity index (χ1v) is 9.54. The highest BCUT2D eigenvalue weighted by molar-refractivity contribution is 8.18. The molecule has 0 saturated carbocycles. The number of thioether (sulfide) groups is 1. The first kappa shape index (κ1) is 21.7. The van der Waals surface area contributed by atoms with Crippen LogP contribution < -0.4 is 9.47 Å². The number of nitrogens with zero attached hydrogens (tertiary/aromatic N) is 1. The summed E-state index contributed by atoms with van der Waals surface area (Å²) in [5.41, 5.74) is 0.531. The molecule has 1 aromatic rings. The topological polar surface area (TPSA) is 82.1 Å². The smallest absolute Gasteiger partial charge is 0.344 e. The number of hydrogen-bond donors (Lipinski definition) is 0. The maximum atomic E-state index is 12.3. The summed E-state index contributed by atoms with van der Waals surface area (Å²) in [6.07, 6.45) is 6.70. The van der Waals surface area contributed by atoms with Gasteiger partial charge in [0.2, 0.25) is 0 Å². The SMILES string of the molecule is C#CCN1C(=O)S/C(=C/c2cc(Cl)c(OCC(=O)OCC)c(OCC)c2)C1=O. The van der Waals surface area contributed by atoms with Crippen LogP contribution in [0.15, 0.2) is 17.0 Å². The van der Waals surface area contributed by atoms with E-state index >= 15 is 0 Å². The fourth-order valence-corrected chi connectivity index (χ4v) is 3.40. The van der Waals surface area contributed by atoms with Crippen molar-refractivity contribution < 1.29 is 28.6 Å². The van der Waals surface area contributed by atoms with Crippen molar-refractivity contribution in [1.82, 2.24) is 4.90 Å². The van der Waals surface area contributed by atoms with Gasteiger partial charge in [0.15, 0.2) is 18.1 Å². The zero-order chi connectivity index (χ0) is 20.7. The zero-order valence-electron chi connectivity index (χ0n) is 15.3. The van der Waals surface area contributed by atoms with E-state index in [1.165, 1.54) is 6.08 Å². The molecule has 1 heterocycles. The number of hydrogen-bond acceptors (Lipinski definition) is 7. The molecule has 28 heavy (non-hydrogen) atoms. The van der Waals surface area contributed by atoms with Crippen LogP contribution in [0, 0.1) is 12.3 Å². The molecule has 7 nitrogen and oxygen atoms in total. The molecule has 1 saturated heterocycles. The van der Waals surface area contributed by atoms with Gasteiger partial charge in [-0.1, -0.05) is 17.5 Å². The van der Waals surface area contributed by atoms with E-state index in [2.05, 4.69) is 5.92 Å². The summed E-state index contributed by atoms with van der Waals surface area (Å²) in [5, 5.41) is -0.246. The number of carbonyl (C=O) groups is 3. The molecule has 1 aliphatic heterocycles. The van der Waals surface area contributed by atoms with Gasteiger partial charge in [-0.2, -0.15) is 0 Å². The number of rotatable bonds is 8. The first-order chi connectivity index (χ1) is 13.4. The highest BCUT2D eigenvalue weighted by Gasteiger charge is 2.34. The van der Waals surface area contributed by atoms with Gasteiger partial charge < -0.3 is 14.2 Å². The number of benzene rings is 1. The number of ether oxygens (including phenoxy) is 3. The van der Waals surface area contributed by atoms with Gasteiger partial charge in [-0.15, -0.1) is 6.42 Å². The Labute approximate surface area is 171 Å². The highest BCUT2D eigenvalue weighted by Crippen LogP contribution is 2.39. The van der Waals surface area contributed by atoms with Crippen LogP contribution in [-0.4, -0.2) is 48.4 Å². The third-order valence-corrected chi connectivity index (χ3v) is 4.58. The van der Waals surface area contributed by atoms with Crippen LogP contribution in [0.1, 0.15) is 19.4 Å². The van der Waals surface area contributed by atoms with Crippen molar-refractivity contribution in [1.29, 1.82) is 0 Å². The van der Waals surface area contributed by atoms with Crippen LogP contribution in [0.4, 0.5) is 4.79 Å². The lowest BCUT2D eigenvalue weighted by molar-refractivity contribution is -0.145. The Hall–Kier alpha value is -2.63. The minimum absolute atomic E-state index is 0.0897. The van der Waals surface area contributed by atoms with Crippen molar-refractivity contribution in [3.05, 3.63) is 27.6 Å². The van der Waals surface area contributed by atoms with E-state index in [4.69, 9.17) is 32.2 Å². The quantitative estimate of drug-likeness (QED) is 0.360. The van der Waals surface area contributed by atoms with Crippen LogP contribution in [0.3, 0.4) is 0 Å². The van der Waals surface area contributed by atoms with Crippen molar-refractivity contribution in [2.24, 2.45) is 0 Å². The second kappa shape index (κ2) is 10.1. The fourth-order valence-electron chi connectivity index (χ4n) is 2.29. The number of carbonyl (C=O) groups excluding carboxylic acids is 3. The van der Waals surface area contributed by atoms with Crippen molar-refractivity contribution in [2.75, 3.05) is 26.4 Å². The average Bonchev–Trinajstić information content (AvgIpc) is 2.89. The molecule has 0 atom stereocenters. The number of terminal acetylenes is 1. The molecule has 148 valence electrons. The van der Waals surface area contributed by atoms with E-state index in [9.17, 15) is 14.4 Å². The van der Waals surface area contributed by atoms with Gasteiger partial charge in [-0.3, -0.25) is 14.5 Å². The Morgan fingerprint density at radius 3 is 2.68 bits per heavy atom. The zero-order valence-corrected chi connectivity index (χ0v) is 16.9. The fraction of sp³-hybridized carbons (Fsp3) is 0.316. The number of imide groups is 1. The third kappa shape index (κ3) is 5.21. The summed E-state index contributed by atoms with van der Waals surface area (Å²) in [7, 11) is 0. The summed E-state index contributed by atoms with van der Waals surface area (Å²) < 4.78 is 15.8. The Kier molecular flexibility index (Phi) is 7.79. The molecule has 2 rings (SSSR count). The number of esters is 1. The van der Waals surface area contributed by atoms with Gasteiger partial charge in [0, 0.05) is 0 Å². The van der Waals surface area contributed by atoms with Gasteiger partial charge in [-0.25, -0.2) is 4.79 Å². The van der Waals surface area contributed by atoms with Crippen molar-refractivity contribution >= 4 is 46.6 Å². The van der Waals surface area contributed by atoms with Crippen molar-refractivity contribution in [2.45, 2.75) is 13.8 Å². The van der Waals surface area contributed by atoms with Gasteiger partial charge in [0.25, 0.3) is 11.1 Å². The van der Waals surface area contributed by atoms with Crippen molar-refractivity contribution in [3.8, 4) is 23.8 Å². The van der Waals surface area contributed by atoms with Crippen LogP contribution in [0.25, 0.3) is 6.08 Å². The van der Waals surface area contributed by atoms with Gasteiger partial charge >= 0.3 is 5.97 Å². The lowest BCUT2D eigenvalue weighted by atomic mass is 10.1. The summed E-state index contributed by atoms with van der Waals surface area (Å²) in [6.45, 7) is 3.62. The minimum atomic E-state index is -0.535. The Morgan fingerprint density at radius 2 is 2.04 bits per heavy atom. The third-order valence-electron chi connectivity index (χ3n) is 3.39. The van der Waals surface area contributed by atoms with Crippen LogP contribution in [-0.2, 0) is 14.3 Å².